The highest BCUT2D eigenvalue weighted by Crippen LogP contribution is 2.20. The average Bonchev–Trinajstić information content (AvgIpc) is 3.43. The molecule has 0 aliphatic carbocycles. The van der Waals surface area contributed by atoms with E-state index in [0.29, 0.717) is 29.5 Å². The van der Waals surface area contributed by atoms with E-state index in [2.05, 4.69) is 10.4 Å². The minimum atomic E-state index is -0.345. The Labute approximate surface area is 173 Å². The molecule has 0 aliphatic heterocycles. The summed E-state index contributed by atoms with van der Waals surface area (Å²) in [5.41, 5.74) is 1.73. The van der Waals surface area contributed by atoms with E-state index >= 15 is 0 Å². The Morgan fingerprint density at radius 2 is 1.90 bits per heavy atom. The molecular weight excluding hydrogens is 382 g/mol. The second kappa shape index (κ2) is 9.00. The molecule has 7 nitrogen and oxygen atoms in total. The summed E-state index contributed by atoms with van der Waals surface area (Å²) in [6.07, 6.45) is 3.39. The maximum atomic E-state index is 12.5. The molecule has 4 aromatic rings. The van der Waals surface area contributed by atoms with E-state index in [9.17, 15) is 4.79 Å². The van der Waals surface area contributed by atoms with Gasteiger partial charge < -0.3 is 19.2 Å². The zero-order valence-electron chi connectivity index (χ0n) is 16.4. The first-order valence-electron chi connectivity index (χ1n) is 9.43. The standard InChI is InChI=1S/C23H21N3O4/c1-28-19-8-5-9-20(12-19)29-16-21-10-11-22(30-21)23(27)25-18-13-24-26(15-18)14-17-6-3-2-4-7-17/h2-13,15H,14,16H2,1H3,(H,25,27). The van der Waals surface area contributed by atoms with Gasteiger partial charge in [0.25, 0.3) is 5.91 Å². The van der Waals surface area contributed by atoms with Crippen molar-refractivity contribution in [1.82, 2.24) is 9.78 Å². The molecule has 7 heteroatoms. The summed E-state index contributed by atoms with van der Waals surface area (Å²) in [6, 6.07) is 20.6. The molecule has 0 unspecified atom stereocenters. The van der Waals surface area contributed by atoms with Crippen LogP contribution in [-0.4, -0.2) is 22.8 Å². The van der Waals surface area contributed by atoms with Crippen molar-refractivity contribution in [3.63, 3.8) is 0 Å². The summed E-state index contributed by atoms with van der Waals surface area (Å²) in [5, 5.41) is 7.07. The lowest BCUT2D eigenvalue weighted by molar-refractivity contribution is 0.0992. The number of anilines is 1. The van der Waals surface area contributed by atoms with Gasteiger partial charge in [-0.05, 0) is 29.8 Å². The van der Waals surface area contributed by atoms with Crippen LogP contribution in [0.25, 0.3) is 0 Å². The van der Waals surface area contributed by atoms with Crippen LogP contribution in [0.5, 0.6) is 11.5 Å². The SMILES string of the molecule is COc1cccc(OCc2ccc(C(=O)Nc3cnn(Cc4ccccc4)c3)o2)c1. The van der Waals surface area contributed by atoms with E-state index in [1.165, 1.54) is 0 Å². The first-order chi connectivity index (χ1) is 14.7. The smallest absolute Gasteiger partial charge is 0.291 e. The lowest BCUT2D eigenvalue weighted by Crippen LogP contribution is -2.10. The number of aromatic nitrogens is 2. The van der Waals surface area contributed by atoms with Gasteiger partial charge in [-0.25, -0.2) is 0 Å². The molecule has 0 spiro atoms. The zero-order chi connectivity index (χ0) is 20.8. The van der Waals surface area contributed by atoms with E-state index in [4.69, 9.17) is 13.9 Å². The lowest BCUT2D eigenvalue weighted by Gasteiger charge is -2.06. The summed E-state index contributed by atoms with van der Waals surface area (Å²) in [5.74, 6) is 1.77. The van der Waals surface area contributed by atoms with Crippen LogP contribution in [0.3, 0.4) is 0 Å². The number of nitrogens with zero attached hydrogens (tertiary/aromatic N) is 2. The summed E-state index contributed by atoms with van der Waals surface area (Å²) < 4.78 is 18.2. The van der Waals surface area contributed by atoms with Gasteiger partial charge in [-0.15, -0.1) is 0 Å². The van der Waals surface area contributed by atoms with Gasteiger partial charge in [0.05, 0.1) is 25.5 Å². The number of rotatable bonds is 8. The first-order valence-corrected chi connectivity index (χ1v) is 9.43. The van der Waals surface area contributed by atoms with Crippen LogP contribution in [0.4, 0.5) is 5.69 Å². The van der Waals surface area contributed by atoms with Gasteiger partial charge in [0.1, 0.15) is 23.9 Å². The molecule has 152 valence electrons. The third-order valence-electron chi connectivity index (χ3n) is 4.39. The minimum Gasteiger partial charge on any atom is -0.497 e. The number of hydrogen-bond donors (Lipinski definition) is 1. The normalized spacial score (nSPS) is 10.6. The molecule has 0 aliphatic rings. The lowest BCUT2D eigenvalue weighted by atomic mass is 10.2. The third kappa shape index (κ3) is 4.88. The number of hydrogen-bond acceptors (Lipinski definition) is 5. The predicted molar refractivity (Wildman–Crippen MR) is 112 cm³/mol. The molecule has 0 bridgehead atoms. The van der Waals surface area contributed by atoms with Crippen molar-refractivity contribution >= 4 is 11.6 Å². The number of benzene rings is 2. The second-order valence-corrected chi connectivity index (χ2v) is 6.60. The molecule has 30 heavy (non-hydrogen) atoms. The fraction of sp³-hybridized carbons (Fsp3) is 0.130. The highest BCUT2D eigenvalue weighted by atomic mass is 16.5. The Balaban J connectivity index is 1.33. The van der Waals surface area contributed by atoms with Crippen LogP contribution in [0.2, 0.25) is 0 Å². The van der Waals surface area contributed by atoms with Gasteiger partial charge in [-0.1, -0.05) is 36.4 Å². The van der Waals surface area contributed by atoms with Gasteiger partial charge >= 0.3 is 0 Å². The third-order valence-corrected chi connectivity index (χ3v) is 4.39. The molecule has 0 atom stereocenters. The van der Waals surface area contributed by atoms with Gasteiger partial charge in [-0.2, -0.15) is 5.10 Å². The van der Waals surface area contributed by atoms with Crippen molar-refractivity contribution in [2.24, 2.45) is 0 Å². The largest absolute Gasteiger partial charge is 0.497 e. The Morgan fingerprint density at radius 3 is 2.73 bits per heavy atom. The van der Waals surface area contributed by atoms with Crippen molar-refractivity contribution in [3.8, 4) is 11.5 Å². The van der Waals surface area contributed by atoms with Crippen LogP contribution in [0.1, 0.15) is 21.9 Å². The van der Waals surface area contributed by atoms with Crippen molar-refractivity contribution in [2.45, 2.75) is 13.2 Å². The van der Waals surface area contributed by atoms with Gasteiger partial charge in [-0.3, -0.25) is 9.48 Å². The molecule has 1 N–H and O–H groups in total. The van der Waals surface area contributed by atoms with Crippen LogP contribution < -0.4 is 14.8 Å². The summed E-state index contributed by atoms with van der Waals surface area (Å²) in [4.78, 5) is 12.5. The molecular formula is C23H21N3O4. The molecule has 2 aromatic heterocycles. The second-order valence-electron chi connectivity index (χ2n) is 6.60. The fourth-order valence-corrected chi connectivity index (χ4v) is 2.90. The molecule has 2 heterocycles. The molecule has 0 saturated carbocycles. The molecule has 0 saturated heterocycles. The topological polar surface area (TPSA) is 78.5 Å². The molecule has 2 aromatic carbocycles. The first kappa shape index (κ1) is 19.3. The quantitative estimate of drug-likeness (QED) is 0.473. The maximum Gasteiger partial charge on any atom is 0.291 e. The molecule has 4 rings (SSSR count). The van der Waals surface area contributed by atoms with E-state index in [-0.39, 0.29) is 18.3 Å². The number of amides is 1. The number of furan rings is 1. The highest BCUT2D eigenvalue weighted by molar-refractivity contribution is 6.02. The number of carbonyl (C=O) groups excluding carboxylic acids is 1. The van der Waals surface area contributed by atoms with E-state index < -0.39 is 0 Å². The maximum absolute atomic E-state index is 12.5. The van der Waals surface area contributed by atoms with E-state index in [0.717, 1.165) is 5.56 Å². The highest BCUT2D eigenvalue weighted by Gasteiger charge is 2.13. The van der Waals surface area contributed by atoms with Crippen LogP contribution in [0.15, 0.2) is 83.5 Å². The summed E-state index contributed by atoms with van der Waals surface area (Å²) >= 11 is 0. The fourth-order valence-electron chi connectivity index (χ4n) is 2.90. The Hall–Kier alpha value is -4.00. The van der Waals surface area contributed by atoms with Gasteiger partial charge in [0.2, 0.25) is 0 Å². The van der Waals surface area contributed by atoms with Gasteiger partial charge in [0.15, 0.2) is 5.76 Å². The summed E-state index contributed by atoms with van der Waals surface area (Å²) in [6.45, 7) is 0.832. The van der Waals surface area contributed by atoms with Crippen molar-refractivity contribution in [2.75, 3.05) is 12.4 Å². The predicted octanol–water partition coefficient (Wildman–Crippen LogP) is 4.36. The molecule has 1 amide bonds. The van der Waals surface area contributed by atoms with Crippen LogP contribution in [0, 0.1) is 0 Å². The number of nitrogens with one attached hydrogen (secondary N) is 1. The summed E-state index contributed by atoms with van der Waals surface area (Å²) in [7, 11) is 1.60. The van der Waals surface area contributed by atoms with Crippen molar-refractivity contribution in [1.29, 1.82) is 0 Å². The molecule has 0 radical (unpaired) electrons. The van der Waals surface area contributed by atoms with E-state index in [1.54, 1.807) is 42.4 Å². The van der Waals surface area contributed by atoms with E-state index in [1.807, 2.05) is 48.5 Å². The Morgan fingerprint density at radius 1 is 1.07 bits per heavy atom. The molecule has 0 fully saturated rings. The number of methoxy groups -OCH3 is 1. The number of carbonyl (C=O) groups is 1. The monoisotopic (exact) mass is 403 g/mol. The van der Waals surface area contributed by atoms with Crippen molar-refractivity contribution < 1.29 is 18.7 Å². The minimum absolute atomic E-state index is 0.204. The van der Waals surface area contributed by atoms with Crippen LogP contribution in [-0.2, 0) is 13.2 Å². The Bertz CT molecular complexity index is 1120. The zero-order valence-corrected chi connectivity index (χ0v) is 16.4. The average molecular weight is 403 g/mol. The van der Waals surface area contributed by atoms with Gasteiger partial charge in [0, 0.05) is 12.3 Å². The number of ether oxygens (including phenoxy) is 2. The van der Waals surface area contributed by atoms with Crippen LogP contribution >= 0.6 is 0 Å². The Kier molecular flexibility index (Phi) is 5.80. The van der Waals surface area contributed by atoms with Crippen molar-refractivity contribution in [3.05, 3.63) is 96.2 Å².